The maximum atomic E-state index is 15.9. The number of carbonyl (C=O) groups excluding carboxylic acids is 3. The fourth-order valence-corrected chi connectivity index (χ4v) is 7.11. The predicted molar refractivity (Wildman–Crippen MR) is 102 cm³/mol. The zero-order chi connectivity index (χ0) is 20.5. The minimum atomic E-state index is -1.24. The van der Waals surface area contributed by atoms with Crippen LogP contribution in [0.25, 0.3) is 0 Å². The van der Waals surface area contributed by atoms with Gasteiger partial charge in [-0.1, -0.05) is 26.0 Å². The molecule has 4 aliphatic carbocycles. The van der Waals surface area contributed by atoms with Crippen molar-refractivity contribution < 1.29 is 23.5 Å². The molecule has 0 radical (unpaired) electrons. The molecule has 4 nitrogen and oxygen atoms in total. The number of ether oxygens (including phenoxy) is 1. The second-order valence-corrected chi connectivity index (χ2v) is 9.71. The smallest absolute Gasteiger partial charge is 0.303 e. The highest BCUT2D eigenvalue weighted by atomic mass is 19.1. The summed E-state index contributed by atoms with van der Waals surface area (Å²) in [6.07, 6.45) is 7.11. The highest BCUT2D eigenvalue weighted by Gasteiger charge is 2.69. The first-order valence-electron chi connectivity index (χ1n) is 10.3. The summed E-state index contributed by atoms with van der Waals surface area (Å²) in [5, 5.41) is 0. The van der Waals surface area contributed by atoms with E-state index in [2.05, 4.69) is 13.0 Å². The maximum absolute atomic E-state index is 15.9. The summed E-state index contributed by atoms with van der Waals surface area (Å²) in [4.78, 5) is 36.4. The molecule has 0 aromatic carbocycles. The summed E-state index contributed by atoms with van der Waals surface area (Å²) in [7, 11) is 0. The van der Waals surface area contributed by atoms with Gasteiger partial charge in [-0.25, -0.2) is 4.39 Å². The molecule has 0 N–H and O–H groups in total. The summed E-state index contributed by atoms with van der Waals surface area (Å²) in [5.74, 6) is -0.737. The van der Waals surface area contributed by atoms with E-state index in [0.29, 0.717) is 19.3 Å². The Morgan fingerprint density at radius 2 is 1.93 bits per heavy atom. The van der Waals surface area contributed by atoms with Crippen molar-refractivity contribution in [1.82, 2.24) is 0 Å². The Kier molecular flexibility index (Phi) is 4.26. The Labute approximate surface area is 165 Å². The van der Waals surface area contributed by atoms with E-state index >= 15 is 4.39 Å². The molecule has 0 spiro atoms. The molecular formula is C23H29FO4. The molecule has 0 aliphatic heterocycles. The van der Waals surface area contributed by atoms with Crippen LogP contribution in [0.3, 0.4) is 0 Å². The van der Waals surface area contributed by atoms with Crippen LogP contribution in [-0.2, 0) is 19.1 Å². The molecule has 4 aliphatic rings. The van der Waals surface area contributed by atoms with Gasteiger partial charge in [0.05, 0.1) is 0 Å². The highest BCUT2D eigenvalue weighted by molar-refractivity contribution is 5.92. The van der Waals surface area contributed by atoms with E-state index in [9.17, 15) is 14.4 Å². The SMILES string of the molecule is CC(=O)O[C@]1(C(C)=O)CC[C@H]2[C@@H]3C=CC4=CC(=O)CC[C@]4(C)[C@H]3[C@@H](F)C[C@@]21C. The molecule has 0 unspecified atom stereocenters. The standard InChI is InChI=1S/C23H29FO4/c1-13(25)23(28-14(2)26)10-8-18-17-6-5-15-11-16(27)7-9-21(15,3)20(17)19(24)12-22(18,23)4/h5-6,11,17-20H,7-10,12H2,1-4H3/t17-,18-,19-,20+,21-,22-,23-/m0/s1. The molecule has 0 bridgehead atoms. The second kappa shape index (κ2) is 6.11. The highest BCUT2D eigenvalue weighted by Crippen LogP contribution is 2.67. The normalized spacial score (nSPS) is 46.9. The zero-order valence-corrected chi connectivity index (χ0v) is 17.1. The molecule has 0 aromatic rings. The molecule has 4 rings (SSSR count). The lowest BCUT2D eigenvalue weighted by Gasteiger charge is -2.58. The third-order valence-corrected chi connectivity index (χ3v) is 8.42. The molecule has 0 amide bonds. The van der Waals surface area contributed by atoms with Gasteiger partial charge in [-0.05, 0) is 61.5 Å². The van der Waals surface area contributed by atoms with Crippen LogP contribution < -0.4 is 0 Å². The van der Waals surface area contributed by atoms with Crippen LogP contribution in [0.4, 0.5) is 4.39 Å². The number of ketones is 2. The number of rotatable bonds is 2. The van der Waals surface area contributed by atoms with E-state index in [1.54, 1.807) is 6.08 Å². The van der Waals surface area contributed by atoms with Crippen LogP contribution in [-0.4, -0.2) is 29.3 Å². The van der Waals surface area contributed by atoms with Gasteiger partial charge in [0, 0.05) is 24.7 Å². The lowest BCUT2D eigenvalue weighted by Crippen LogP contribution is -2.61. The Hall–Kier alpha value is -1.78. The first kappa shape index (κ1) is 19.5. The molecule has 2 saturated carbocycles. The van der Waals surface area contributed by atoms with Crippen LogP contribution >= 0.6 is 0 Å². The van der Waals surface area contributed by atoms with Crippen LogP contribution in [0.1, 0.15) is 59.8 Å². The molecule has 2 fully saturated rings. The van der Waals surface area contributed by atoms with Gasteiger partial charge in [-0.2, -0.15) is 0 Å². The molecule has 152 valence electrons. The van der Waals surface area contributed by atoms with Gasteiger partial charge in [0.1, 0.15) is 6.17 Å². The van der Waals surface area contributed by atoms with Crippen molar-refractivity contribution in [3.8, 4) is 0 Å². The van der Waals surface area contributed by atoms with Crippen LogP contribution in [0.2, 0.25) is 0 Å². The number of alkyl halides is 1. The number of fused-ring (bicyclic) bond motifs is 5. The Morgan fingerprint density at radius 1 is 1.21 bits per heavy atom. The third kappa shape index (κ3) is 2.37. The third-order valence-electron chi connectivity index (χ3n) is 8.42. The summed E-state index contributed by atoms with van der Waals surface area (Å²) in [6.45, 7) is 6.80. The van der Waals surface area contributed by atoms with Gasteiger partial charge in [0.15, 0.2) is 17.2 Å². The molecule has 0 saturated heterocycles. The van der Waals surface area contributed by atoms with E-state index in [4.69, 9.17) is 4.74 Å². The number of Topliss-reactive ketones (excluding diaryl/α,β-unsaturated/α-hetero) is 1. The van der Waals surface area contributed by atoms with Crippen LogP contribution in [0.5, 0.6) is 0 Å². The molecule has 7 atom stereocenters. The van der Waals surface area contributed by atoms with Gasteiger partial charge < -0.3 is 4.74 Å². The Bertz CT molecular complexity index is 813. The molecular weight excluding hydrogens is 359 g/mol. The zero-order valence-electron chi connectivity index (χ0n) is 17.1. The summed E-state index contributed by atoms with van der Waals surface area (Å²) >= 11 is 0. The number of allylic oxidation sites excluding steroid dienone is 4. The Balaban J connectivity index is 1.80. The fraction of sp³-hybridized carbons (Fsp3) is 0.696. The van der Waals surface area contributed by atoms with Crippen molar-refractivity contribution in [2.24, 2.45) is 28.6 Å². The average Bonchev–Trinajstić information content (AvgIpc) is 2.88. The minimum Gasteiger partial charge on any atom is -0.451 e. The van der Waals surface area contributed by atoms with Crippen LogP contribution in [0.15, 0.2) is 23.8 Å². The second-order valence-electron chi connectivity index (χ2n) is 9.71. The van der Waals surface area contributed by atoms with Crippen molar-refractivity contribution in [3.63, 3.8) is 0 Å². The van der Waals surface area contributed by atoms with Gasteiger partial charge >= 0.3 is 5.97 Å². The van der Waals surface area contributed by atoms with Crippen molar-refractivity contribution in [3.05, 3.63) is 23.8 Å². The number of esters is 1. The van der Waals surface area contributed by atoms with E-state index in [-0.39, 0.29) is 41.2 Å². The predicted octanol–water partition coefficient (Wildman–Crippen LogP) is 4.13. The lowest BCUT2D eigenvalue weighted by atomic mass is 9.47. The molecule has 0 heterocycles. The summed E-state index contributed by atoms with van der Waals surface area (Å²) < 4.78 is 21.5. The van der Waals surface area contributed by atoms with Gasteiger partial charge in [-0.3, -0.25) is 14.4 Å². The van der Waals surface area contributed by atoms with Crippen molar-refractivity contribution >= 4 is 17.5 Å². The molecule has 0 aromatic heterocycles. The lowest BCUT2D eigenvalue weighted by molar-refractivity contribution is -0.189. The van der Waals surface area contributed by atoms with Crippen LogP contribution in [0, 0.1) is 28.6 Å². The summed E-state index contributed by atoms with van der Waals surface area (Å²) in [6, 6.07) is 0. The van der Waals surface area contributed by atoms with Gasteiger partial charge in [0.2, 0.25) is 0 Å². The van der Waals surface area contributed by atoms with E-state index in [0.717, 1.165) is 12.0 Å². The maximum Gasteiger partial charge on any atom is 0.303 e. The number of carbonyl (C=O) groups is 3. The van der Waals surface area contributed by atoms with Crippen molar-refractivity contribution in [2.75, 3.05) is 0 Å². The average molecular weight is 388 g/mol. The number of hydrogen-bond donors (Lipinski definition) is 0. The van der Waals surface area contributed by atoms with E-state index < -0.39 is 23.2 Å². The summed E-state index contributed by atoms with van der Waals surface area (Å²) in [5.41, 5.74) is -1.40. The largest absolute Gasteiger partial charge is 0.451 e. The minimum absolute atomic E-state index is 0.0270. The Morgan fingerprint density at radius 3 is 2.57 bits per heavy atom. The van der Waals surface area contributed by atoms with Crippen molar-refractivity contribution in [1.29, 1.82) is 0 Å². The fourth-order valence-electron chi connectivity index (χ4n) is 7.11. The van der Waals surface area contributed by atoms with E-state index in [1.165, 1.54) is 13.8 Å². The van der Waals surface area contributed by atoms with E-state index in [1.807, 2.05) is 13.0 Å². The number of halogens is 1. The molecule has 28 heavy (non-hydrogen) atoms. The quantitative estimate of drug-likeness (QED) is 0.667. The first-order chi connectivity index (χ1) is 13.0. The molecule has 5 heteroatoms. The topological polar surface area (TPSA) is 60.4 Å². The first-order valence-corrected chi connectivity index (χ1v) is 10.3. The monoisotopic (exact) mass is 388 g/mol. The van der Waals surface area contributed by atoms with Crippen molar-refractivity contribution in [2.45, 2.75) is 71.6 Å². The van der Waals surface area contributed by atoms with Gasteiger partial charge in [-0.15, -0.1) is 0 Å². The van der Waals surface area contributed by atoms with Gasteiger partial charge in [0.25, 0.3) is 0 Å². The number of hydrogen-bond acceptors (Lipinski definition) is 4.